The number of thiophene rings is 1. The highest BCUT2D eigenvalue weighted by Crippen LogP contribution is 2.66. The summed E-state index contributed by atoms with van der Waals surface area (Å²) in [6.45, 7) is -0.173. The van der Waals surface area contributed by atoms with E-state index in [2.05, 4.69) is 4.72 Å². The van der Waals surface area contributed by atoms with Crippen LogP contribution in [0, 0.1) is 17.8 Å². The maximum atomic E-state index is 13.1. The van der Waals surface area contributed by atoms with Crippen LogP contribution >= 0.6 is 22.9 Å². The summed E-state index contributed by atoms with van der Waals surface area (Å²) in [4.78, 5) is 0. The highest BCUT2D eigenvalue weighted by molar-refractivity contribution is 7.91. The maximum Gasteiger partial charge on any atom is 0.254 e. The molecule has 3 atom stereocenters. The van der Waals surface area contributed by atoms with Gasteiger partial charge in [-0.05, 0) is 30.9 Å². The molecule has 118 valence electrons. The smallest absolute Gasteiger partial charge is 0.254 e. The van der Waals surface area contributed by atoms with Crippen LogP contribution in [0.25, 0.3) is 0 Å². The van der Waals surface area contributed by atoms with E-state index in [0.717, 1.165) is 11.3 Å². The lowest BCUT2D eigenvalue weighted by molar-refractivity contribution is 0.0368. The van der Waals surface area contributed by atoms with Gasteiger partial charge in [-0.3, -0.25) is 0 Å². The molecular formula is C12H14ClF2NO3S2. The van der Waals surface area contributed by atoms with Crippen molar-refractivity contribution >= 4 is 33.0 Å². The first-order valence-electron chi connectivity index (χ1n) is 6.52. The third-order valence-electron chi connectivity index (χ3n) is 4.32. The molecule has 2 N–H and O–H groups in total. The molecule has 2 saturated carbocycles. The van der Waals surface area contributed by atoms with Crippen LogP contribution in [0.5, 0.6) is 0 Å². The molecule has 3 unspecified atom stereocenters. The molecule has 2 fully saturated rings. The molecule has 0 saturated heterocycles. The first kappa shape index (κ1) is 15.6. The molecule has 2 aliphatic carbocycles. The van der Waals surface area contributed by atoms with Gasteiger partial charge in [0.05, 0.1) is 10.4 Å². The Balaban J connectivity index is 1.54. The molecule has 0 spiro atoms. The molecule has 0 radical (unpaired) electrons. The Labute approximate surface area is 130 Å². The van der Waals surface area contributed by atoms with Gasteiger partial charge in [-0.1, -0.05) is 11.6 Å². The number of fused-ring (bicyclic) bond motifs is 1. The fourth-order valence-corrected chi connectivity index (χ4v) is 5.62. The van der Waals surface area contributed by atoms with E-state index in [1.54, 1.807) is 0 Å². The van der Waals surface area contributed by atoms with Crippen LogP contribution in [0.4, 0.5) is 8.78 Å². The summed E-state index contributed by atoms with van der Waals surface area (Å²) in [6.07, 6.45) is -0.435. The zero-order valence-electron chi connectivity index (χ0n) is 10.8. The lowest BCUT2D eigenvalue weighted by atomic mass is 9.96. The second-order valence-electron chi connectivity index (χ2n) is 5.60. The van der Waals surface area contributed by atoms with Gasteiger partial charge >= 0.3 is 0 Å². The van der Waals surface area contributed by atoms with Gasteiger partial charge in [-0.2, -0.15) is 0 Å². The van der Waals surface area contributed by atoms with Crippen LogP contribution in [-0.2, 0) is 10.0 Å². The minimum absolute atomic E-state index is 0.0699. The van der Waals surface area contributed by atoms with Gasteiger partial charge in [0, 0.05) is 18.4 Å². The number of sulfonamides is 1. The lowest BCUT2D eigenvalue weighted by Crippen LogP contribution is -2.36. The number of aliphatic hydroxyl groups excluding tert-OH is 1. The van der Waals surface area contributed by atoms with E-state index in [9.17, 15) is 22.3 Å². The highest BCUT2D eigenvalue weighted by Gasteiger charge is 2.71. The van der Waals surface area contributed by atoms with E-state index in [0.29, 0.717) is 4.34 Å². The van der Waals surface area contributed by atoms with E-state index in [4.69, 9.17) is 11.6 Å². The second kappa shape index (κ2) is 5.13. The van der Waals surface area contributed by atoms with Gasteiger partial charge in [-0.15, -0.1) is 11.3 Å². The minimum atomic E-state index is -3.71. The van der Waals surface area contributed by atoms with Gasteiger partial charge in [0.15, 0.2) is 0 Å². The summed E-state index contributed by atoms with van der Waals surface area (Å²) in [7, 11) is -3.71. The number of hydrogen-bond donors (Lipinski definition) is 2. The predicted octanol–water partition coefficient (Wildman–Crippen LogP) is 2.33. The highest BCUT2D eigenvalue weighted by atomic mass is 35.5. The van der Waals surface area contributed by atoms with Gasteiger partial charge in [-0.25, -0.2) is 21.9 Å². The first-order valence-corrected chi connectivity index (χ1v) is 9.20. The number of rotatable bonds is 5. The van der Waals surface area contributed by atoms with E-state index >= 15 is 0 Å². The SMILES string of the molecule is O=S(=O)(NCC(O)C1CC2C(C1)C2(F)F)c1ccc(Cl)s1. The molecule has 9 heteroatoms. The Kier molecular flexibility index (Phi) is 3.81. The van der Waals surface area contributed by atoms with Crippen molar-refractivity contribution in [2.45, 2.75) is 29.1 Å². The molecule has 0 bridgehead atoms. The van der Waals surface area contributed by atoms with Crippen LogP contribution < -0.4 is 4.72 Å². The van der Waals surface area contributed by atoms with Crippen molar-refractivity contribution in [1.82, 2.24) is 4.72 Å². The number of nitrogens with one attached hydrogen (secondary N) is 1. The number of halogens is 3. The Morgan fingerprint density at radius 2 is 2.05 bits per heavy atom. The Bertz CT molecular complexity index is 635. The van der Waals surface area contributed by atoms with Crippen molar-refractivity contribution in [3.8, 4) is 0 Å². The standard InChI is InChI=1S/C12H14ClF2NO3S2/c13-10-1-2-11(20-10)21(18,19)16-5-9(17)6-3-7-8(4-6)12(7,14)15/h1-2,6-9,16-17H,3-5H2. The molecule has 1 aromatic rings. The molecule has 0 amide bonds. The minimum Gasteiger partial charge on any atom is -0.391 e. The fourth-order valence-electron chi connectivity index (χ4n) is 3.04. The molecule has 1 heterocycles. The normalized spacial score (nSPS) is 31.9. The lowest BCUT2D eigenvalue weighted by Gasteiger charge is -2.20. The third-order valence-corrected chi connectivity index (χ3v) is 7.47. The van der Waals surface area contributed by atoms with E-state index in [-0.39, 0.29) is 29.5 Å². The molecule has 0 aromatic carbocycles. The molecular weight excluding hydrogens is 344 g/mol. The Morgan fingerprint density at radius 3 is 2.57 bits per heavy atom. The van der Waals surface area contributed by atoms with Crippen molar-refractivity contribution < 1.29 is 22.3 Å². The topological polar surface area (TPSA) is 66.4 Å². The van der Waals surface area contributed by atoms with Crippen LogP contribution in [0.15, 0.2) is 16.3 Å². The van der Waals surface area contributed by atoms with Crippen LogP contribution in [0.2, 0.25) is 4.34 Å². The number of hydrogen-bond acceptors (Lipinski definition) is 4. The molecule has 0 aliphatic heterocycles. The van der Waals surface area contributed by atoms with Crippen LogP contribution in [-0.4, -0.2) is 32.1 Å². The summed E-state index contributed by atoms with van der Waals surface area (Å²) < 4.78 is 52.8. The number of aliphatic hydroxyl groups is 1. The first-order chi connectivity index (χ1) is 9.72. The summed E-state index contributed by atoms with van der Waals surface area (Å²) in [5.74, 6) is -4.12. The number of alkyl halides is 2. The van der Waals surface area contributed by atoms with Gasteiger partial charge in [0.1, 0.15) is 4.21 Å². The average molecular weight is 358 g/mol. The van der Waals surface area contributed by atoms with Crippen LogP contribution in [0.1, 0.15) is 12.8 Å². The van der Waals surface area contributed by atoms with Crippen molar-refractivity contribution in [1.29, 1.82) is 0 Å². The van der Waals surface area contributed by atoms with Crippen LogP contribution in [0.3, 0.4) is 0 Å². The van der Waals surface area contributed by atoms with E-state index < -0.39 is 33.9 Å². The van der Waals surface area contributed by atoms with Crippen molar-refractivity contribution in [2.24, 2.45) is 17.8 Å². The van der Waals surface area contributed by atoms with E-state index in [1.165, 1.54) is 12.1 Å². The summed E-state index contributed by atoms with van der Waals surface area (Å²) in [5.41, 5.74) is 0. The van der Waals surface area contributed by atoms with Crippen molar-refractivity contribution in [3.05, 3.63) is 16.5 Å². The molecule has 4 nitrogen and oxygen atoms in total. The maximum absolute atomic E-state index is 13.1. The van der Waals surface area contributed by atoms with Gasteiger partial charge in [0.25, 0.3) is 5.92 Å². The molecule has 1 aromatic heterocycles. The van der Waals surface area contributed by atoms with Crippen molar-refractivity contribution in [3.63, 3.8) is 0 Å². The quantitative estimate of drug-likeness (QED) is 0.850. The summed E-state index contributed by atoms with van der Waals surface area (Å²) in [5, 5.41) is 9.98. The molecule has 3 rings (SSSR count). The largest absolute Gasteiger partial charge is 0.391 e. The zero-order valence-corrected chi connectivity index (χ0v) is 13.2. The van der Waals surface area contributed by atoms with Crippen molar-refractivity contribution in [2.75, 3.05) is 6.54 Å². The molecule has 21 heavy (non-hydrogen) atoms. The zero-order chi connectivity index (χ0) is 15.4. The summed E-state index contributed by atoms with van der Waals surface area (Å²) in [6, 6.07) is 2.86. The fraction of sp³-hybridized carbons (Fsp3) is 0.667. The average Bonchev–Trinajstić information content (AvgIpc) is 2.89. The van der Waals surface area contributed by atoms with Gasteiger partial charge < -0.3 is 5.11 Å². The molecule has 2 aliphatic rings. The third kappa shape index (κ3) is 2.84. The second-order valence-corrected chi connectivity index (χ2v) is 9.31. The Hall–Kier alpha value is -0.280. The monoisotopic (exact) mass is 357 g/mol. The Morgan fingerprint density at radius 1 is 1.43 bits per heavy atom. The predicted molar refractivity (Wildman–Crippen MR) is 75.2 cm³/mol. The summed E-state index contributed by atoms with van der Waals surface area (Å²) >= 11 is 6.61. The van der Waals surface area contributed by atoms with Gasteiger partial charge in [0.2, 0.25) is 10.0 Å². The van der Waals surface area contributed by atoms with E-state index in [1.807, 2.05) is 0 Å².